The molecule has 0 aliphatic heterocycles. The summed E-state index contributed by atoms with van der Waals surface area (Å²) in [7, 11) is 5.40. The van der Waals surface area contributed by atoms with Crippen LogP contribution >= 0.6 is 23.2 Å². The van der Waals surface area contributed by atoms with Crippen LogP contribution in [0.15, 0.2) is 0 Å². The van der Waals surface area contributed by atoms with E-state index in [-0.39, 0.29) is 5.15 Å². The van der Waals surface area contributed by atoms with Gasteiger partial charge < -0.3 is 0 Å². The van der Waals surface area contributed by atoms with E-state index in [1.807, 2.05) is 19.0 Å². The molecule has 37 valence electrons. The molecule has 0 aliphatic rings. The molecule has 0 heterocycles. The Hall–Kier alpha value is 0.830. The van der Waals surface area contributed by atoms with Crippen LogP contribution in [0.25, 0.3) is 0 Å². The first kappa shape index (κ1) is 7.83. The van der Waals surface area contributed by atoms with Crippen LogP contribution in [-0.2, 0) is 0 Å². The van der Waals surface area contributed by atoms with Crippen molar-refractivity contribution in [2.75, 3.05) is 6.26 Å². The largest absolute Gasteiger partial charge is 0.266 e. The Balaban J connectivity index is 2.68. The van der Waals surface area contributed by atoms with Crippen molar-refractivity contribution in [3.8, 4) is 0 Å². The maximum atomic E-state index is 5.40. The SMILES string of the molecule is [B][C@H](C)S[B]SC. The molecule has 0 rings (SSSR count). The van der Waals surface area contributed by atoms with Crippen LogP contribution in [0.5, 0.6) is 0 Å². The van der Waals surface area contributed by atoms with Crippen LogP contribution in [0.3, 0.4) is 0 Å². The van der Waals surface area contributed by atoms with Gasteiger partial charge in [-0.05, 0) is 11.4 Å². The quantitative estimate of drug-likeness (QED) is 0.523. The molecule has 0 amide bonds. The van der Waals surface area contributed by atoms with Crippen molar-refractivity contribution in [1.29, 1.82) is 0 Å². The molecule has 0 nitrogen and oxygen atoms in total. The Labute approximate surface area is 55.7 Å². The van der Waals surface area contributed by atoms with E-state index in [4.69, 9.17) is 7.85 Å². The lowest BCUT2D eigenvalue weighted by Crippen LogP contribution is -1.94. The van der Waals surface area contributed by atoms with Crippen LogP contribution in [0.4, 0.5) is 0 Å². The highest BCUT2D eigenvalue weighted by atomic mass is 32.2. The molecule has 0 N–H and O–H groups in total. The van der Waals surface area contributed by atoms with Crippen LogP contribution in [-0.4, -0.2) is 25.1 Å². The van der Waals surface area contributed by atoms with Crippen LogP contribution in [0, 0.1) is 0 Å². The van der Waals surface area contributed by atoms with Gasteiger partial charge in [0.2, 0.25) is 0 Å². The Morgan fingerprint density at radius 3 is 2.43 bits per heavy atom. The normalized spacial score (nSPS) is 13.4. The van der Waals surface area contributed by atoms with Gasteiger partial charge >= 0.3 is 0 Å². The van der Waals surface area contributed by atoms with E-state index in [1.165, 1.54) is 0 Å². The smallest absolute Gasteiger partial charge is 0.208 e. The standard InChI is InChI=1S/C3H7B2S2/c1-3(4)7-5-6-2/h3H,1-2H3/t3-/m0/s1. The molecule has 0 saturated carbocycles. The van der Waals surface area contributed by atoms with Gasteiger partial charge in [-0.3, -0.25) is 0 Å². The monoisotopic (exact) mass is 129 g/mol. The lowest BCUT2D eigenvalue weighted by Gasteiger charge is -1.98. The second-order valence-corrected chi connectivity index (χ2v) is 3.43. The minimum atomic E-state index is 0.243. The summed E-state index contributed by atoms with van der Waals surface area (Å²) < 4.78 is 0. The average Bonchev–Trinajstić information content (AvgIpc) is 1.61. The summed E-state index contributed by atoms with van der Waals surface area (Å²) in [6.45, 7) is 1.97. The van der Waals surface area contributed by atoms with Gasteiger partial charge in [-0.15, -0.1) is 0 Å². The van der Waals surface area contributed by atoms with Crippen molar-refractivity contribution in [3.05, 3.63) is 0 Å². The van der Waals surface area contributed by atoms with Crippen LogP contribution < -0.4 is 0 Å². The van der Waals surface area contributed by atoms with E-state index in [2.05, 4.69) is 0 Å². The fourth-order valence-corrected chi connectivity index (χ4v) is 1.29. The highest BCUT2D eigenvalue weighted by Crippen LogP contribution is 2.08. The van der Waals surface area contributed by atoms with Crippen molar-refractivity contribution in [3.63, 3.8) is 0 Å². The van der Waals surface area contributed by atoms with Crippen molar-refractivity contribution < 1.29 is 0 Å². The summed E-state index contributed by atoms with van der Waals surface area (Å²) in [6, 6.07) is 0. The molecular formula is C3H7B2S2. The number of hydrogen-bond donors (Lipinski definition) is 0. The molecule has 0 aromatic rings. The predicted octanol–water partition coefficient (Wildman–Crippen LogP) is 1.13. The maximum Gasteiger partial charge on any atom is 0.266 e. The third-order valence-corrected chi connectivity index (χ3v) is 2.01. The molecule has 0 spiro atoms. The van der Waals surface area contributed by atoms with Gasteiger partial charge in [-0.1, -0.05) is 6.92 Å². The van der Waals surface area contributed by atoms with Gasteiger partial charge in [0.25, 0.3) is 5.84 Å². The van der Waals surface area contributed by atoms with Crippen molar-refractivity contribution >= 4 is 36.9 Å². The van der Waals surface area contributed by atoms with E-state index in [0.29, 0.717) is 0 Å². The molecular weight excluding hydrogens is 122 g/mol. The summed E-state index contributed by atoms with van der Waals surface area (Å²) in [4.78, 5) is 0. The van der Waals surface area contributed by atoms with E-state index < -0.39 is 0 Å². The molecule has 0 aliphatic carbocycles. The predicted molar refractivity (Wildman–Crippen MR) is 42.1 cm³/mol. The third kappa shape index (κ3) is 6.83. The Kier molecular flexibility index (Phi) is 5.57. The van der Waals surface area contributed by atoms with Crippen molar-refractivity contribution in [2.45, 2.75) is 12.1 Å². The molecule has 1 atom stereocenters. The zero-order valence-electron chi connectivity index (χ0n) is 4.55. The number of rotatable bonds is 3. The topological polar surface area (TPSA) is 0 Å². The van der Waals surface area contributed by atoms with Crippen molar-refractivity contribution in [1.82, 2.24) is 0 Å². The van der Waals surface area contributed by atoms with E-state index >= 15 is 0 Å². The zero-order chi connectivity index (χ0) is 5.70. The first-order valence-electron chi connectivity index (χ1n) is 2.03. The molecule has 7 heavy (non-hydrogen) atoms. The molecule has 0 saturated heterocycles. The Bertz CT molecular complexity index is 39.9. The van der Waals surface area contributed by atoms with Crippen molar-refractivity contribution in [2.24, 2.45) is 0 Å². The molecule has 0 aromatic carbocycles. The summed E-state index contributed by atoms with van der Waals surface area (Å²) in [5.41, 5.74) is 0. The summed E-state index contributed by atoms with van der Waals surface area (Å²) >= 11 is 3.33. The lowest BCUT2D eigenvalue weighted by atomic mass is 10.1. The van der Waals surface area contributed by atoms with Gasteiger partial charge in [0.15, 0.2) is 0 Å². The van der Waals surface area contributed by atoms with E-state index in [1.54, 1.807) is 23.2 Å². The first-order valence-corrected chi connectivity index (χ1v) is 4.26. The maximum absolute atomic E-state index is 5.40. The highest BCUT2D eigenvalue weighted by molar-refractivity contribution is 8.50. The Morgan fingerprint density at radius 2 is 2.29 bits per heavy atom. The highest BCUT2D eigenvalue weighted by Gasteiger charge is 1.91. The average molecular weight is 129 g/mol. The van der Waals surface area contributed by atoms with Crippen LogP contribution in [0.1, 0.15) is 6.92 Å². The Morgan fingerprint density at radius 1 is 1.71 bits per heavy atom. The van der Waals surface area contributed by atoms with Gasteiger partial charge in [0, 0.05) is 0 Å². The fraction of sp³-hybridized carbons (Fsp3) is 1.00. The van der Waals surface area contributed by atoms with Gasteiger partial charge in [0.05, 0.1) is 7.85 Å². The van der Waals surface area contributed by atoms with E-state index in [9.17, 15) is 0 Å². The summed E-state index contributed by atoms with van der Waals surface area (Å²) in [5, 5.41) is 0.243. The molecule has 4 heteroatoms. The van der Waals surface area contributed by atoms with Gasteiger partial charge in [-0.2, -0.15) is 0 Å². The second-order valence-electron chi connectivity index (χ2n) is 1.17. The van der Waals surface area contributed by atoms with Crippen LogP contribution in [0.2, 0.25) is 0 Å². The molecule has 0 bridgehead atoms. The molecule has 0 unspecified atom stereocenters. The fourth-order valence-electron chi connectivity index (χ4n) is 0.143. The minimum absolute atomic E-state index is 0.243. The van der Waals surface area contributed by atoms with E-state index in [0.717, 1.165) is 0 Å². The second kappa shape index (κ2) is 4.98. The van der Waals surface area contributed by atoms with Gasteiger partial charge in [0.1, 0.15) is 0 Å². The summed E-state index contributed by atoms with van der Waals surface area (Å²) in [5.74, 6) is 2.03. The third-order valence-electron chi connectivity index (χ3n) is 0.366. The lowest BCUT2D eigenvalue weighted by molar-refractivity contribution is 1.41. The first-order chi connectivity index (χ1) is 3.27. The number of hydrogen-bond acceptors (Lipinski definition) is 2. The zero-order valence-corrected chi connectivity index (χ0v) is 6.18. The molecule has 3 radical (unpaired) electrons. The summed E-state index contributed by atoms with van der Waals surface area (Å²) in [6.07, 6.45) is 2.02. The molecule has 0 aromatic heterocycles. The minimum Gasteiger partial charge on any atom is -0.208 e. The van der Waals surface area contributed by atoms with Gasteiger partial charge in [-0.25, -0.2) is 23.2 Å². The molecule has 0 fully saturated rings.